The van der Waals surface area contributed by atoms with E-state index in [1.807, 2.05) is 30.3 Å². The number of rotatable bonds is 7. The van der Waals surface area contributed by atoms with Crippen LogP contribution in [0.2, 0.25) is 0 Å². The van der Waals surface area contributed by atoms with Gasteiger partial charge in [-0.25, -0.2) is 14.6 Å². The van der Waals surface area contributed by atoms with Crippen LogP contribution >= 0.6 is 0 Å². The van der Waals surface area contributed by atoms with E-state index in [-0.39, 0.29) is 34.6 Å². The summed E-state index contributed by atoms with van der Waals surface area (Å²) in [5.41, 5.74) is 2.02. The quantitative estimate of drug-likeness (QED) is 0.373. The number of aromatic hydroxyl groups is 1. The summed E-state index contributed by atoms with van der Waals surface area (Å²) in [6, 6.07) is 14.8. The smallest absolute Gasteiger partial charge is 0.257 e. The summed E-state index contributed by atoms with van der Waals surface area (Å²) < 4.78 is 4.76. The molecule has 4 rings (SSSR count). The highest BCUT2D eigenvalue weighted by atomic mass is 16.6. The molecule has 1 atom stereocenters. The first kappa shape index (κ1) is 21.0. The number of carbonyl (C=O) groups excluding carboxylic acids is 1. The van der Waals surface area contributed by atoms with Crippen LogP contribution in [0.1, 0.15) is 35.3 Å². The van der Waals surface area contributed by atoms with Crippen molar-refractivity contribution in [1.82, 2.24) is 25.2 Å². The summed E-state index contributed by atoms with van der Waals surface area (Å²) >= 11 is 0. The number of hydrogen-bond acceptors (Lipinski definition) is 9. The van der Waals surface area contributed by atoms with Crippen molar-refractivity contribution in [2.75, 3.05) is 24.7 Å². The van der Waals surface area contributed by atoms with Crippen molar-refractivity contribution >= 4 is 34.5 Å². The first-order valence-corrected chi connectivity index (χ1v) is 10.1. The molecule has 0 aliphatic carbocycles. The number of fused-ring (bicyclic) bond motifs is 1. The molecule has 2 aromatic heterocycles. The van der Waals surface area contributed by atoms with Crippen LogP contribution in [-0.4, -0.2) is 50.3 Å². The van der Waals surface area contributed by atoms with Gasteiger partial charge in [-0.15, -0.1) is 0 Å². The van der Waals surface area contributed by atoms with Crippen LogP contribution < -0.4 is 10.6 Å². The van der Waals surface area contributed by atoms with Crippen molar-refractivity contribution in [1.29, 1.82) is 0 Å². The van der Waals surface area contributed by atoms with Gasteiger partial charge in [-0.05, 0) is 34.4 Å². The van der Waals surface area contributed by atoms with E-state index < -0.39 is 0 Å². The Labute approximate surface area is 184 Å². The summed E-state index contributed by atoms with van der Waals surface area (Å²) in [5, 5.41) is 24.7. The maximum atomic E-state index is 12.4. The van der Waals surface area contributed by atoms with Crippen LogP contribution in [-0.2, 0) is 0 Å². The molecular formula is C22H23N7O3. The number of phenols is 1. The maximum Gasteiger partial charge on any atom is 0.257 e. The number of nitrogens with zero attached hydrogens (tertiary/aromatic N) is 5. The third-order valence-electron chi connectivity index (χ3n) is 4.96. The van der Waals surface area contributed by atoms with E-state index >= 15 is 0 Å². The van der Waals surface area contributed by atoms with Crippen LogP contribution in [0, 0.1) is 0 Å². The number of carbonyl (C=O) groups is 1. The predicted molar refractivity (Wildman–Crippen MR) is 120 cm³/mol. The van der Waals surface area contributed by atoms with Crippen molar-refractivity contribution in [3.63, 3.8) is 0 Å². The van der Waals surface area contributed by atoms with E-state index in [0.717, 1.165) is 12.0 Å². The molecule has 0 aliphatic heterocycles. The monoisotopic (exact) mass is 433 g/mol. The zero-order valence-electron chi connectivity index (χ0n) is 17.9. The lowest BCUT2D eigenvalue weighted by molar-refractivity contribution is 0.0824. The number of amides is 1. The average Bonchev–Trinajstić information content (AvgIpc) is 3.26. The van der Waals surface area contributed by atoms with Gasteiger partial charge in [-0.1, -0.05) is 43.3 Å². The molecule has 10 heteroatoms. The van der Waals surface area contributed by atoms with Gasteiger partial charge >= 0.3 is 0 Å². The minimum Gasteiger partial charge on any atom is -0.505 e. The van der Waals surface area contributed by atoms with Gasteiger partial charge in [0, 0.05) is 14.1 Å². The minimum atomic E-state index is -0.318. The summed E-state index contributed by atoms with van der Waals surface area (Å²) in [6.07, 6.45) is 0.790. The summed E-state index contributed by atoms with van der Waals surface area (Å²) in [5.74, 6) is 0.217. The fourth-order valence-electron chi connectivity index (χ4n) is 3.28. The number of benzene rings is 2. The fourth-order valence-corrected chi connectivity index (χ4v) is 3.28. The second-order valence-electron chi connectivity index (χ2n) is 7.37. The van der Waals surface area contributed by atoms with E-state index in [4.69, 9.17) is 4.63 Å². The molecule has 10 nitrogen and oxygen atoms in total. The minimum absolute atomic E-state index is 0.0430. The topological polar surface area (TPSA) is 129 Å². The van der Waals surface area contributed by atoms with E-state index in [1.54, 1.807) is 32.3 Å². The van der Waals surface area contributed by atoms with Crippen molar-refractivity contribution in [2.24, 2.45) is 0 Å². The number of anilines is 3. The van der Waals surface area contributed by atoms with E-state index in [9.17, 15) is 9.90 Å². The first-order chi connectivity index (χ1) is 15.5. The Hall–Kier alpha value is -4.21. The van der Waals surface area contributed by atoms with E-state index in [0.29, 0.717) is 17.3 Å². The molecule has 3 N–H and O–H groups in total. The van der Waals surface area contributed by atoms with Gasteiger partial charge < -0.3 is 20.6 Å². The molecule has 0 unspecified atom stereocenters. The standard InChI is InChI=1S/C22H23N7O3/c1-4-15(13-9-6-5-7-10-13)23-18-19(26-21-20(25-18)27-32-28-21)24-16-12-8-11-14(17(16)30)22(31)29(2)3/h5-12,15,30H,4H2,1-3H3,(H,23,25,27)(H,24,26,28)/t15-/m1/s1. The van der Waals surface area contributed by atoms with Crippen molar-refractivity contribution in [2.45, 2.75) is 19.4 Å². The molecular weight excluding hydrogens is 410 g/mol. The molecule has 0 saturated heterocycles. The molecule has 0 fully saturated rings. The molecule has 1 amide bonds. The fraction of sp³-hybridized carbons (Fsp3) is 0.227. The van der Waals surface area contributed by atoms with E-state index in [2.05, 4.69) is 37.8 Å². The van der Waals surface area contributed by atoms with Gasteiger partial charge in [0.2, 0.25) is 11.3 Å². The molecule has 0 saturated carbocycles. The van der Waals surface area contributed by atoms with Crippen LogP contribution in [0.15, 0.2) is 53.2 Å². The molecule has 164 valence electrons. The molecule has 0 aliphatic rings. The lowest BCUT2D eigenvalue weighted by Crippen LogP contribution is -2.21. The van der Waals surface area contributed by atoms with Gasteiger partial charge in [0.25, 0.3) is 5.91 Å². The number of para-hydroxylation sites is 1. The van der Waals surface area contributed by atoms with Gasteiger partial charge in [-0.2, -0.15) is 0 Å². The second-order valence-corrected chi connectivity index (χ2v) is 7.37. The van der Waals surface area contributed by atoms with Crippen molar-refractivity contribution < 1.29 is 14.5 Å². The van der Waals surface area contributed by atoms with Gasteiger partial charge in [0.05, 0.1) is 17.3 Å². The summed E-state index contributed by atoms with van der Waals surface area (Å²) in [7, 11) is 3.24. The molecule has 2 aromatic carbocycles. The van der Waals surface area contributed by atoms with E-state index in [1.165, 1.54) is 4.90 Å². The zero-order valence-corrected chi connectivity index (χ0v) is 17.9. The van der Waals surface area contributed by atoms with Crippen LogP contribution in [0.25, 0.3) is 11.3 Å². The molecule has 0 radical (unpaired) electrons. The largest absolute Gasteiger partial charge is 0.505 e. The second kappa shape index (κ2) is 8.88. The molecule has 4 aromatic rings. The number of aromatic nitrogens is 4. The Kier molecular flexibility index (Phi) is 5.84. The van der Waals surface area contributed by atoms with Crippen molar-refractivity contribution in [3.8, 4) is 5.75 Å². The first-order valence-electron chi connectivity index (χ1n) is 10.1. The molecule has 0 spiro atoms. The number of phenolic OH excluding ortho intramolecular Hbond substituents is 1. The predicted octanol–water partition coefficient (Wildman–Crippen LogP) is 3.73. The Morgan fingerprint density at radius 2 is 1.72 bits per heavy atom. The Morgan fingerprint density at radius 1 is 1.03 bits per heavy atom. The Balaban J connectivity index is 1.73. The van der Waals surface area contributed by atoms with Crippen LogP contribution in [0.5, 0.6) is 5.75 Å². The highest BCUT2D eigenvalue weighted by molar-refractivity contribution is 5.98. The third-order valence-corrected chi connectivity index (χ3v) is 4.96. The van der Waals surface area contributed by atoms with Gasteiger partial charge in [0.15, 0.2) is 17.4 Å². The van der Waals surface area contributed by atoms with Gasteiger partial charge in [0.1, 0.15) is 0 Å². The van der Waals surface area contributed by atoms with Gasteiger partial charge in [-0.3, -0.25) is 4.79 Å². The van der Waals surface area contributed by atoms with Crippen LogP contribution in [0.3, 0.4) is 0 Å². The summed E-state index contributed by atoms with van der Waals surface area (Å²) in [6.45, 7) is 2.06. The molecule has 0 bridgehead atoms. The highest BCUT2D eigenvalue weighted by Gasteiger charge is 2.20. The molecule has 32 heavy (non-hydrogen) atoms. The lowest BCUT2D eigenvalue weighted by Gasteiger charge is -2.20. The van der Waals surface area contributed by atoms with Crippen molar-refractivity contribution in [3.05, 3.63) is 59.7 Å². The number of nitrogens with one attached hydrogen (secondary N) is 2. The average molecular weight is 433 g/mol. The SMILES string of the molecule is CC[C@@H](Nc1nc2nonc2nc1Nc1cccc(C(=O)N(C)C)c1O)c1ccccc1. The third kappa shape index (κ3) is 4.15. The maximum absolute atomic E-state index is 12.4. The Bertz CT molecular complexity index is 1240. The highest BCUT2D eigenvalue weighted by Crippen LogP contribution is 2.34. The molecule has 2 heterocycles. The van der Waals surface area contributed by atoms with Crippen LogP contribution in [0.4, 0.5) is 17.3 Å². The Morgan fingerprint density at radius 3 is 2.38 bits per heavy atom. The normalized spacial score (nSPS) is 11.8. The zero-order chi connectivity index (χ0) is 22.7. The lowest BCUT2D eigenvalue weighted by atomic mass is 10.0. The summed E-state index contributed by atoms with van der Waals surface area (Å²) in [4.78, 5) is 22.7. The number of hydrogen-bond donors (Lipinski definition) is 3.